The number of fused-ring (bicyclic) bond motifs is 1. The highest BCUT2D eigenvalue weighted by Gasteiger charge is 2.29. The quantitative estimate of drug-likeness (QED) is 0.678. The molecule has 0 unspecified atom stereocenters. The first kappa shape index (κ1) is 12.6. The van der Waals surface area contributed by atoms with E-state index in [0.29, 0.717) is 27.6 Å². The van der Waals surface area contributed by atoms with E-state index in [4.69, 9.17) is 5.73 Å². The van der Waals surface area contributed by atoms with Gasteiger partial charge in [0.15, 0.2) is 0 Å². The van der Waals surface area contributed by atoms with Crippen LogP contribution in [0.3, 0.4) is 0 Å². The molecular formula is C14H16FN2OP. The lowest BCUT2D eigenvalue weighted by Crippen LogP contribution is -2.12. The highest BCUT2D eigenvalue weighted by molar-refractivity contribution is 7.71. The molecule has 1 aliphatic rings. The summed E-state index contributed by atoms with van der Waals surface area (Å²) < 4.78 is 26.5. The summed E-state index contributed by atoms with van der Waals surface area (Å²) >= 11 is 0. The van der Waals surface area contributed by atoms with E-state index in [9.17, 15) is 8.96 Å². The van der Waals surface area contributed by atoms with Crippen molar-refractivity contribution in [1.29, 1.82) is 0 Å². The number of nitrogen functional groups attached to an aromatic ring is 1. The molecule has 100 valence electrons. The van der Waals surface area contributed by atoms with Gasteiger partial charge in [0, 0.05) is 22.3 Å². The lowest BCUT2D eigenvalue weighted by Gasteiger charge is -2.14. The standard InChI is InChI=1S/C14H16FN2OP/c1-19(2,18)14-9-7-10(15)13(8-3-4-8)17-12(9)6-5-11(14)16/h5-8H,3-4,16H2,1-2H3. The van der Waals surface area contributed by atoms with Crippen LogP contribution < -0.4 is 11.0 Å². The number of benzene rings is 1. The summed E-state index contributed by atoms with van der Waals surface area (Å²) in [4.78, 5) is 4.40. The summed E-state index contributed by atoms with van der Waals surface area (Å²) in [6.45, 7) is 3.29. The van der Waals surface area contributed by atoms with Gasteiger partial charge in [-0.2, -0.15) is 0 Å². The topological polar surface area (TPSA) is 56.0 Å². The number of halogens is 1. The minimum atomic E-state index is -2.58. The third-order valence-corrected chi connectivity index (χ3v) is 5.06. The zero-order chi connectivity index (χ0) is 13.8. The van der Waals surface area contributed by atoms with E-state index in [1.807, 2.05) is 0 Å². The van der Waals surface area contributed by atoms with Crippen molar-refractivity contribution in [1.82, 2.24) is 4.98 Å². The number of rotatable bonds is 2. The summed E-state index contributed by atoms with van der Waals surface area (Å²) in [6.07, 6.45) is 1.99. The predicted molar refractivity (Wildman–Crippen MR) is 77.2 cm³/mol. The van der Waals surface area contributed by atoms with Gasteiger partial charge in [0.1, 0.15) is 13.0 Å². The normalized spacial score (nSPS) is 15.9. The van der Waals surface area contributed by atoms with Crippen LogP contribution >= 0.6 is 7.14 Å². The second-order valence-electron chi connectivity index (χ2n) is 5.55. The van der Waals surface area contributed by atoms with Crippen molar-refractivity contribution >= 4 is 29.0 Å². The number of nitrogens with two attached hydrogens (primary N) is 1. The third-order valence-electron chi connectivity index (χ3n) is 3.48. The molecule has 0 spiro atoms. The molecule has 1 aromatic carbocycles. The zero-order valence-corrected chi connectivity index (χ0v) is 11.9. The Bertz CT molecular complexity index is 719. The van der Waals surface area contributed by atoms with Gasteiger partial charge in [0.25, 0.3) is 0 Å². The van der Waals surface area contributed by atoms with Crippen molar-refractivity contribution in [2.75, 3.05) is 19.1 Å². The summed E-state index contributed by atoms with van der Waals surface area (Å²) in [6, 6.07) is 4.93. The van der Waals surface area contributed by atoms with Gasteiger partial charge in [-0.05, 0) is 44.4 Å². The number of pyridine rings is 1. The molecule has 0 saturated heterocycles. The number of nitrogens with zero attached hydrogens (tertiary/aromatic N) is 1. The Hall–Kier alpha value is -1.41. The molecule has 1 heterocycles. The zero-order valence-electron chi connectivity index (χ0n) is 11.0. The first-order valence-corrected chi connectivity index (χ1v) is 8.92. The van der Waals surface area contributed by atoms with Gasteiger partial charge in [-0.3, -0.25) is 0 Å². The lowest BCUT2D eigenvalue weighted by molar-refractivity contribution is 0.588. The van der Waals surface area contributed by atoms with E-state index in [2.05, 4.69) is 4.98 Å². The number of hydrogen-bond acceptors (Lipinski definition) is 3. The maximum Gasteiger partial charge on any atom is 0.145 e. The van der Waals surface area contributed by atoms with Crippen molar-refractivity contribution in [3.05, 3.63) is 29.7 Å². The van der Waals surface area contributed by atoms with Crippen molar-refractivity contribution in [3.8, 4) is 0 Å². The van der Waals surface area contributed by atoms with Crippen molar-refractivity contribution in [3.63, 3.8) is 0 Å². The van der Waals surface area contributed by atoms with Gasteiger partial charge >= 0.3 is 0 Å². The van der Waals surface area contributed by atoms with Gasteiger partial charge in [-0.15, -0.1) is 0 Å². The van der Waals surface area contributed by atoms with Crippen LogP contribution in [0.25, 0.3) is 10.9 Å². The maximum absolute atomic E-state index is 14.1. The first-order chi connectivity index (χ1) is 8.88. The second-order valence-corrected chi connectivity index (χ2v) is 8.70. The summed E-state index contributed by atoms with van der Waals surface area (Å²) in [5, 5.41) is 1.12. The van der Waals surface area contributed by atoms with E-state index < -0.39 is 7.14 Å². The molecule has 0 atom stereocenters. The van der Waals surface area contributed by atoms with Gasteiger partial charge in [-0.1, -0.05) is 0 Å². The van der Waals surface area contributed by atoms with E-state index in [0.717, 1.165) is 12.8 Å². The molecule has 2 N–H and O–H groups in total. The van der Waals surface area contributed by atoms with E-state index in [1.165, 1.54) is 6.07 Å². The van der Waals surface area contributed by atoms with Crippen molar-refractivity contribution in [2.45, 2.75) is 18.8 Å². The largest absolute Gasteiger partial charge is 0.398 e. The van der Waals surface area contributed by atoms with E-state index in [1.54, 1.807) is 25.5 Å². The van der Waals surface area contributed by atoms with Crippen LogP contribution in [0.4, 0.5) is 10.1 Å². The number of hydrogen-bond donors (Lipinski definition) is 1. The molecule has 0 amide bonds. The lowest BCUT2D eigenvalue weighted by atomic mass is 10.1. The molecule has 2 aromatic rings. The second kappa shape index (κ2) is 4.04. The van der Waals surface area contributed by atoms with Crippen LogP contribution in [0, 0.1) is 5.82 Å². The van der Waals surface area contributed by atoms with E-state index >= 15 is 0 Å². The molecule has 5 heteroatoms. The maximum atomic E-state index is 14.1. The fraction of sp³-hybridized carbons (Fsp3) is 0.357. The van der Waals surface area contributed by atoms with Gasteiger partial charge in [-0.25, -0.2) is 9.37 Å². The highest BCUT2D eigenvalue weighted by Crippen LogP contribution is 2.43. The van der Waals surface area contributed by atoms with E-state index in [-0.39, 0.29) is 11.7 Å². The van der Waals surface area contributed by atoms with Crippen molar-refractivity contribution < 1.29 is 8.96 Å². The Kier molecular flexibility index (Phi) is 2.68. The van der Waals surface area contributed by atoms with Gasteiger partial charge in [0.05, 0.1) is 11.2 Å². The molecular weight excluding hydrogens is 262 g/mol. The van der Waals surface area contributed by atoms with Crippen LogP contribution in [0.15, 0.2) is 18.2 Å². The molecule has 1 aliphatic carbocycles. The van der Waals surface area contributed by atoms with Crippen molar-refractivity contribution in [2.24, 2.45) is 0 Å². The molecule has 0 radical (unpaired) electrons. The Morgan fingerprint density at radius 1 is 1.37 bits per heavy atom. The fourth-order valence-corrected chi connectivity index (χ4v) is 3.94. The molecule has 1 fully saturated rings. The Balaban J connectivity index is 2.34. The minimum Gasteiger partial charge on any atom is -0.398 e. The average molecular weight is 278 g/mol. The summed E-state index contributed by atoms with van der Waals surface area (Å²) in [5.74, 6) is -0.0595. The van der Waals surface area contributed by atoms with Crippen LogP contribution in [0.5, 0.6) is 0 Å². The average Bonchev–Trinajstić information content (AvgIpc) is 3.10. The third kappa shape index (κ3) is 2.14. The molecule has 0 bridgehead atoms. The Labute approximate surface area is 111 Å². The van der Waals surface area contributed by atoms with Crippen LogP contribution in [0.2, 0.25) is 0 Å². The van der Waals surface area contributed by atoms with Gasteiger partial charge < -0.3 is 10.3 Å². The molecule has 3 rings (SSSR count). The number of aromatic nitrogens is 1. The first-order valence-electron chi connectivity index (χ1n) is 6.32. The Morgan fingerprint density at radius 2 is 2.05 bits per heavy atom. The minimum absolute atomic E-state index is 0.250. The van der Waals surface area contributed by atoms with Crippen LogP contribution in [0.1, 0.15) is 24.5 Å². The van der Waals surface area contributed by atoms with Gasteiger partial charge in [0.2, 0.25) is 0 Å². The van der Waals surface area contributed by atoms with Crippen LogP contribution in [-0.2, 0) is 4.57 Å². The van der Waals surface area contributed by atoms with Crippen LogP contribution in [-0.4, -0.2) is 18.3 Å². The Morgan fingerprint density at radius 3 is 2.63 bits per heavy atom. The molecule has 1 saturated carbocycles. The molecule has 3 nitrogen and oxygen atoms in total. The molecule has 19 heavy (non-hydrogen) atoms. The highest BCUT2D eigenvalue weighted by atomic mass is 31.2. The molecule has 0 aliphatic heterocycles. The predicted octanol–water partition coefficient (Wildman–Crippen LogP) is 3.08. The summed E-state index contributed by atoms with van der Waals surface area (Å²) in [7, 11) is -2.58. The summed E-state index contributed by atoms with van der Waals surface area (Å²) in [5.41, 5.74) is 7.57. The fourth-order valence-electron chi connectivity index (χ4n) is 2.48. The molecule has 1 aromatic heterocycles. The smallest absolute Gasteiger partial charge is 0.145 e. The number of anilines is 1. The SMILES string of the molecule is CP(C)(=O)c1c(N)ccc2nc(C3CC3)c(F)cc12. The monoisotopic (exact) mass is 278 g/mol.